The van der Waals surface area contributed by atoms with Gasteiger partial charge in [0.05, 0.1) is 4.90 Å². The maximum atomic E-state index is 13.2. The van der Waals surface area contributed by atoms with Crippen molar-refractivity contribution < 1.29 is 18.0 Å². The zero-order chi connectivity index (χ0) is 21.4. The minimum absolute atomic E-state index is 0.103. The van der Waals surface area contributed by atoms with E-state index in [2.05, 4.69) is 4.79 Å². The molecule has 152 valence electrons. The Hall–Kier alpha value is -3.54. The van der Waals surface area contributed by atoms with Crippen molar-refractivity contribution >= 4 is 20.8 Å². The van der Waals surface area contributed by atoms with Crippen LogP contribution >= 0.6 is 0 Å². The number of carbonyl (C=O) groups excluding carboxylic acids is 1. The molecule has 6 nitrogen and oxygen atoms in total. The molecule has 1 amide bonds. The summed E-state index contributed by atoms with van der Waals surface area (Å²) in [5, 5.41) is -0.891. The van der Waals surface area contributed by atoms with E-state index in [-0.39, 0.29) is 18.0 Å². The highest BCUT2D eigenvalue weighted by atomic mass is 32.2. The summed E-state index contributed by atoms with van der Waals surface area (Å²) in [4.78, 5) is 17.4. The Kier molecular flexibility index (Phi) is 6.91. The molecular weight excluding hydrogens is 398 g/mol. The number of amides is 1. The summed E-state index contributed by atoms with van der Waals surface area (Å²) in [6.45, 7) is 0.455. The molecule has 0 aliphatic heterocycles. The van der Waals surface area contributed by atoms with E-state index < -0.39 is 20.8 Å². The lowest BCUT2D eigenvalue weighted by atomic mass is 10.1. The molecule has 0 aliphatic carbocycles. The van der Waals surface area contributed by atoms with Crippen LogP contribution in [0.1, 0.15) is 11.1 Å². The van der Waals surface area contributed by atoms with Crippen molar-refractivity contribution in [1.29, 1.82) is 0 Å². The Bertz CT molecular complexity index is 1140. The molecular formula is C23H21N3O3S. The summed E-state index contributed by atoms with van der Waals surface area (Å²) in [5.74, 6) is -0.846. The first-order valence-corrected chi connectivity index (χ1v) is 10.9. The maximum absolute atomic E-state index is 13.2. The second kappa shape index (κ2) is 9.78. The Morgan fingerprint density at radius 3 is 1.83 bits per heavy atom. The van der Waals surface area contributed by atoms with Gasteiger partial charge in [-0.2, -0.15) is 0 Å². The van der Waals surface area contributed by atoms with E-state index in [1.165, 1.54) is 17.0 Å². The predicted molar refractivity (Wildman–Crippen MR) is 114 cm³/mol. The van der Waals surface area contributed by atoms with Gasteiger partial charge in [0.15, 0.2) is 0 Å². The number of rotatable bonds is 6. The average molecular weight is 420 g/mol. The third-order valence-electron chi connectivity index (χ3n) is 4.60. The Balaban J connectivity index is 1.90. The standard InChI is InChI=1S/C23H21N3O3S/c24-25-22(30(28,29)21-14-8-3-9-15-21)23(27)26(18-20-12-6-2-7-13-20)17-16-19-10-4-1-5-11-19/h1-15H,16-18H2. The summed E-state index contributed by atoms with van der Waals surface area (Å²) >= 11 is 0. The molecule has 0 N–H and O–H groups in total. The average Bonchev–Trinajstić information content (AvgIpc) is 2.79. The van der Waals surface area contributed by atoms with Crippen molar-refractivity contribution in [2.24, 2.45) is 0 Å². The molecule has 7 heteroatoms. The second-order valence-electron chi connectivity index (χ2n) is 6.67. The molecule has 0 aromatic heterocycles. The fraction of sp³-hybridized carbons (Fsp3) is 0.130. The van der Waals surface area contributed by atoms with Gasteiger partial charge >= 0.3 is 11.0 Å². The van der Waals surface area contributed by atoms with Crippen molar-refractivity contribution in [3.63, 3.8) is 0 Å². The van der Waals surface area contributed by atoms with Crippen LogP contribution in [0, 0.1) is 0 Å². The SMILES string of the molecule is [N-]=[N+]=C(C(=O)N(CCc1ccccc1)Cc1ccccc1)S(=O)(=O)c1ccccc1. The van der Waals surface area contributed by atoms with Crippen LogP contribution in [0.3, 0.4) is 0 Å². The predicted octanol–water partition coefficient (Wildman–Crippen LogP) is 3.36. The molecule has 30 heavy (non-hydrogen) atoms. The first kappa shape index (κ1) is 21.2. The first-order valence-electron chi connectivity index (χ1n) is 9.41. The topological polar surface area (TPSA) is 90.8 Å². The van der Waals surface area contributed by atoms with Crippen molar-refractivity contribution in [2.75, 3.05) is 6.54 Å². The number of nitrogens with zero attached hydrogens (tertiary/aromatic N) is 3. The molecule has 0 unspecified atom stereocenters. The minimum atomic E-state index is -4.26. The molecule has 0 spiro atoms. The van der Waals surface area contributed by atoms with Crippen molar-refractivity contribution in [2.45, 2.75) is 17.9 Å². The van der Waals surface area contributed by atoms with Gasteiger partial charge in [-0.1, -0.05) is 78.9 Å². The normalized spacial score (nSPS) is 10.8. The Morgan fingerprint density at radius 1 is 0.800 bits per heavy atom. The van der Waals surface area contributed by atoms with Crippen LogP contribution in [0.15, 0.2) is 95.9 Å². The van der Waals surface area contributed by atoms with Gasteiger partial charge < -0.3 is 10.4 Å². The van der Waals surface area contributed by atoms with E-state index >= 15 is 0 Å². The molecule has 0 radical (unpaired) electrons. The molecule has 0 atom stereocenters. The summed E-state index contributed by atoms with van der Waals surface area (Å²) in [7, 11) is -4.26. The van der Waals surface area contributed by atoms with Gasteiger partial charge in [0.1, 0.15) is 0 Å². The first-order chi connectivity index (χ1) is 14.5. The quantitative estimate of drug-likeness (QED) is 0.265. The molecule has 0 bridgehead atoms. The van der Waals surface area contributed by atoms with Gasteiger partial charge in [0, 0.05) is 13.1 Å². The monoisotopic (exact) mass is 419 g/mol. The zero-order valence-corrected chi connectivity index (χ0v) is 17.1. The lowest BCUT2D eigenvalue weighted by Gasteiger charge is -2.21. The smallest absolute Gasteiger partial charge is 0.360 e. The van der Waals surface area contributed by atoms with Crippen molar-refractivity contribution in [3.05, 3.63) is 108 Å². The van der Waals surface area contributed by atoms with Gasteiger partial charge in [-0.05, 0) is 29.7 Å². The highest BCUT2D eigenvalue weighted by molar-refractivity contribution is 8.08. The molecule has 3 rings (SSSR count). The summed E-state index contributed by atoms with van der Waals surface area (Å²) in [6.07, 6.45) is 0.531. The number of hydrogen-bond donors (Lipinski definition) is 0. The summed E-state index contributed by atoms with van der Waals surface area (Å²) in [5.41, 5.74) is 11.3. The Labute approximate surface area is 175 Å². The lowest BCUT2D eigenvalue weighted by molar-refractivity contribution is -0.128. The van der Waals surface area contributed by atoms with Crippen molar-refractivity contribution in [3.8, 4) is 0 Å². The fourth-order valence-electron chi connectivity index (χ4n) is 3.02. The largest absolute Gasteiger partial charge is 0.473 e. The van der Waals surface area contributed by atoms with Crippen molar-refractivity contribution in [1.82, 2.24) is 4.90 Å². The number of hydrogen-bond acceptors (Lipinski definition) is 3. The third-order valence-corrected chi connectivity index (χ3v) is 6.26. The highest BCUT2D eigenvalue weighted by Gasteiger charge is 2.40. The Morgan fingerprint density at radius 2 is 1.30 bits per heavy atom. The van der Waals surface area contributed by atoms with Crippen LogP contribution in [-0.2, 0) is 27.6 Å². The van der Waals surface area contributed by atoms with E-state index in [0.29, 0.717) is 6.42 Å². The second-order valence-corrected chi connectivity index (χ2v) is 8.53. The van der Waals surface area contributed by atoms with Crippen LogP contribution in [0.5, 0.6) is 0 Å². The maximum Gasteiger partial charge on any atom is 0.473 e. The fourth-order valence-corrected chi connectivity index (χ4v) is 4.23. The molecule has 3 aromatic carbocycles. The third kappa shape index (κ3) is 5.08. The molecule has 3 aromatic rings. The van der Waals surface area contributed by atoms with E-state index in [1.807, 2.05) is 60.7 Å². The lowest BCUT2D eigenvalue weighted by Crippen LogP contribution is -2.41. The van der Waals surface area contributed by atoms with Gasteiger partial charge in [-0.25, -0.2) is 8.42 Å². The van der Waals surface area contributed by atoms with Crippen LogP contribution in [-0.4, -0.2) is 35.6 Å². The number of benzene rings is 3. The van der Waals surface area contributed by atoms with Gasteiger partial charge in [0.25, 0.3) is 9.84 Å². The van der Waals surface area contributed by atoms with E-state index in [9.17, 15) is 18.7 Å². The van der Waals surface area contributed by atoms with E-state index in [0.717, 1.165) is 11.1 Å². The van der Waals surface area contributed by atoms with Gasteiger partial charge in [-0.15, -0.1) is 4.79 Å². The van der Waals surface area contributed by atoms with Gasteiger partial charge in [-0.3, -0.25) is 4.79 Å². The van der Waals surface area contributed by atoms with Crippen LogP contribution in [0.25, 0.3) is 5.53 Å². The number of sulfone groups is 1. The molecule has 0 aliphatic rings. The summed E-state index contributed by atoms with van der Waals surface area (Å²) < 4.78 is 25.8. The zero-order valence-electron chi connectivity index (χ0n) is 16.3. The van der Waals surface area contributed by atoms with Crippen LogP contribution in [0.4, 0.5) is 0 Å². The molecule has 0 heterocycles. The highest BCUT2D eigenvalue weighted by Crippen LogP contribution is 2.15. The molecule has 0 saturated carbocycles. The number of carbonyl (C=O) groups is 1. The molecule has 0 saturated heterocycles. The van der Waals surface area contributed by atoms with Gasteiger partial charge in [0.2, 0.25) is 0 Å². The summed E-state index contributed by atoms with van der Waals surface area (Å²) in [6, 6.07) is 26.3. The van der Waals surface area contributed by atoms with Crippen LogP contribution in [0.2, 0.25) is 0 Å². The molecule has 0 fully saturated rings. The minimum Gasteiger partial charge on any atom is -0.360 e. The van der Waals surface area contributed by atoms with Crippen LogP contribution < -0.4 is 0 Å². The van der Waals surface area contributed by atoms with E-state index in [1.54, 1.807) is 18.2 Å². The van der Waals surface area contributed by atoms with E-state index in [4.69, 9.17) is 0 Å².